The Balaban J connectivity index is 1.87. The molecular weight excluding hydrogens is 417 g/mol. The van der Waals surface area contributed by atoms with Gasteiger partial charge in [0.05, 0.1) is 12.2 Å². The predicted molar refractivity (Wildman–Crippen MR) is 110 cm³/mol. The average Bonchev–Trinajstić information content (AvgIpc) is 3.19. The van der Waals surface area contributed by atoms with Gasteiger partial charge in [-0.15, -0.1) is 0 Å². The van der Waals surface area contributed by atoms with Gasteiger partial charge < -0.3 is 9.64 Å². The topological polar surface area (TPSA) is 59.5 Å². The van der Waals surface area contributed by atoms with E-state index in [4.69, 9.17) is 17.0 Å². The number of pyridine rings is 1. The van der Waals surface area contributed by atoms with Crippen molar-refractivity contribution in [2.75, 3.05) is 13.2 Å². The number of halogens is 3. The number of nitrogens with zero attached hydrogens (tertiary/aromatic N) is 2. The van der Waals surface area contributed by atoms with Gasteiger partial charge in [0.25, 0.3) is 5.91 Å². The van der Waals surface area contributed by atoms with Crippen molar-refractivity contribution in [2.24, 2.45) is 5.41 Å². The minimum Gasteiger partial charge on any atom is -0.485 e. The maximum Gasteiger partial charge on any atom is 0.417 e. The molecule has 5 nitrogen and oxygen atoms in total. The number of alkyl halides is 3. The van der Waals surface area contributed by atoms with Gasteiger partial charge in [-0.05, 0) is 56.0 Å². The van der Waals surface area contributed by atoms with Crippen LogP contribution in [0.3, 0.4) is 0 Å². The van der Waals surface area contributed by atoms with E-state index < -0.39 is 34.9 Å². The van der Waals surface area contributed by atoms with E-state index in [1.807, 2.05) is 6.92 Å². The molecule has 0 spiro atoms. The number of thiocarbonyl (C=S) groups is 1. The van der Waals surface area contributed by atoms with E-state index in [1.54, 1.807) is 13.8 Å². The average molecular weight is 445 g/mol. The summed E-state index contributed by atoms with van der Waals surface area (Å²) in [5, 5.41) is 0.241. The van der Waals surface area contributed by atoms with Crippen LogP contribution >= 0.6 is 12.2 Å². The van der Waals surface area contributed by atoms with Crippen LogP contribution in [0.1, 0.15) is 57.6 Å². The minimum absolute atomic E-state index is 0.210. The monoisotopic (exact) mass is 444 g/mol. The lowest BCUT2D eigenvalue weighted by Gasteiger charge is -2.28. The number of likely N-dealkylation sites (tertiary alicyclic amines) is 1. The Kier molecular flexibility index (Phi) is 7.96. The van der Waals surface area contributed by atoms with Gasteiger partial charge in [-0.1, -0.05) is 20.8 Å². The van der Waals surface area contributed by atoms with Gasteiger partial charge in [0, 0.05) is 24.4 Å². The molecule has 166 valence electrons. The van der Waals surface area contributed by atoms with Gasteiger partial charge in [-0.25, -0.2) is 0 Å². The molecule has 1 aliphatic heterocycles. The molecule has 0 bridgehead atoms. The van der Waals surface area contributed by atoms with Crippen molar-refractivity contribution in [1.29, 1.82) is 0 Å². The SMILES string of the molecule is CCC(C)(C)C(=O)C(=O)N1CCCC1C(=S)OCCCc1cncc(C(F)(F)F)c1. The van der Waals surface area contributed by atoms with Crippen molar-refractivity contribution >= 4 is 29.0 Å². The first-order valence-corrected chi connectivity index (χ1v) is 10.4. The molecule has 1 aliphatic rings. The number of ketones is 1. The molecule has 1 saturated heterocycles. The van der Waals surface area contributed by atoms with E-state index in [-0.39, 0.29) is 11.7 Å². The fourth-order valence-electron chi connectivity index (χ4n) is 3.16. The first-order chi connectivity index (χ1) is 14.0. The number of hydrogen-bond donors (Lipinski definition) is 0. The quantitative estimate of drug-likeness (QED) is 0.339. The first kappa shape index (κ1) is 24.2. The van der Waals surface area contributed by atoms with E-state index in [1.165, 1.54) is 11.1 Å². The van der Waals surface area contributed by atoms with Crippen LogP contribution in [0, 0.1) is 5.41 Å². The van der Waals surface area contributed by atoms with E-state index in [9.17, 15) is 22.8 Å². The zero-order valence-electron chi connectivity index (χ0n) is 17.4. The summed E-state index contributed by atoms with van der Waals surface area (Å²) in [7, 11) is 0. The second kappa shape index (κ2) is 9.85. The summed E-state index contributed by atoms with van der Waals surface area (Å²) in [5.74, 6) is -0.970. The summed E-state index contributed by atoms with van der Waals surface area (Å²) in [6.45, 7) is 6.02. The van der Waals surface area contributed by atoms with Gasteiger partial charge in [0.15, 0.2) is 5.05 Å². The van der Waals surface area contributed by atoms with Gasteiger partial charge in [0.1, 0.15) is 6.04 Å². The number of carbonyl (C=O) groups is 2. The van der Waals surface area contributed by atoms with Crippen molar-refractivity contribution in [3.05, 3.63) is 29.6 Å². The Morgan fingerprint density at radius 3 is 2.63 bits per heavy atom. The summed E-state index contributed by atoms with van der Waals surface area (Å²) < 4.78 is 43.9. The van der Waals surface area contributed by atoms with Gasteiger partial charge in [-0.2, -0.15) is 13.2 Å². The number of rotatable bonds is 8. The summed E-state index contributed by atoms with van der Waals surface area (Å²) in [4.78, 5) is 30.3. The molecule has 1 amide bonds. The van der Waals surface area contributed by atoms with Crippen molar-refractivity contribution in [3.8, 4) is 0 Å². The Bertz CT molecular complexity index is 796. The van der Waals surface area contributed by atoms with E-state index in [0.717, 1.165) is 18.7 Å². The van der Waals surface area contributed by atoms with Crippen molar-refractivity contribution in [2.45, 2.75) is 65.1 Å². The van der Waals surface area contributed by atoms with Gasteiger partial charge >= 0.3 is 6.18 Å². The Labute approximate surface area is 180 Å². The Morgan fingerprint density at radius 1 is 1.30 bits per heavy atom. The molecule has 1 fully saturated rings. The lowest BCUT2D eigenvalue weighted by molar-refractivity contribution is -0.149. The van der Waals surface area contributed by atoms with Crippen molar-refractivity contribution in [1.82, 2.24) is 9.88 Å². The number of amides is 1. The van der Waals surface area contributed by atoms with Crippen LogP contribution in [0.25, 0.3) is 0 Å². The third-order valence-corrected chi connectivity index (χ3v) is 5.84. The number of aromatic nitrogens is 1. The molecule has 2 heterocycles. The highest BCUT2D eigenvalue weighted by Gasteiger charge is 2.40. The van der Waals surface area contributed by atoms with Crippen LogP contribution < -0.4 is 0 Å². The third kappa shape index (κ3) is 6.00. The minimum atomic E-state index is -4.43. The fraction of sp³-hybridized carbons (Fsp3) is 0.619. The molecule has 1 aromatic rings. The van der Waals surface area contributed by atoms with Crippen LogP contribution in [0.5, 0.6) is 0 Å². The molecule has 1 aromatic heterocycles. The second-order valence-electron chi connectivity index (χ2n) is 8.07. The largest absolute Gasteiger partial charge is 0.485 e. The molecule has 0 N–H and O–H groups in total. The molecular formula is C21H27F3N2O3S. The summed E-state index contributed by atoms with van der Waals surface area (Å²) >= 11 is 5.33. The number of Topliss-reactive ketones (excluding diaryl/α,β-unsaturated/α-hetero) is 1. The summed E-state index contributed by atoms with van der Waals surface area (Å²) in [6.07, 6.45) is 0.484. The zero-order valence-corrected chi connectivity index (χ0v) is 18.2. The number of hydrogen-bond acceptors (Lipinski definition) is 5. The van der Waals surface area contributed by atoms with Crippen LogP contribution in [0.2, 0.25) is 0 Å². The molecule has 9 heteroatoms. The molecule has 2 rings (SSSR count). The number of aryl methyl sites for hydroxylation is 1. The molecule has 0 aliphatic carbocycles. The summed E-state index contributed by atoms with van der Waals surface area (Å²) in [6, 6.07) is 0.642. The molecule has 30 heavy (non-hydrogen) atoms. The highest BCUT2D eigenvalue weighted by Crippen LogP contribution is 2.29. The maximum atomic E-state index is 12.8. The molecule has 0 saturated carbocycles. The van der Waals surface area contributed by atoms with Crippen LogP contribution in [-0.2, 0) is 26.9 Å². The number of ether oxygens (including phenoxy) is 1. The van der Waals surface area contributed by atoms with Crippen LogP contribution in [0.15, 0.2) is 18.5 Å². The Hall–Kier alpha value is -2.03. The highest BCUT2D eigenvalue weighted by atomic mass is 32.1. The molecule has 1 unspecified atom stereocenters. The standard InChI is InChI=1S/C21H27F3N2O3S/c1-4-20(2,3)17(27)18(28)26-9-5-8-16(26)19(30)29-10-6-7-14-11-15(13-25-12-14)21(22,23)24/h11-13,16H,4-10H2,1-3H3. The predicted octanol–water partition coefficient (Wildman–Crippen LogP) is 4.37. The molecule has 0 radical (unpaired) electrons. The zero-order chi connectivity index (χ0) is 22.5. The lowest BCUT2D eigenvalue weighted by atomic mass is 9.84. The van der Waals surface area contributed by atoms with Crippen LogP contribution in [-0.4, -0.2) is 45.8 Å². The second-order valence-corrected chi connectivity index (χ2v) is 8.48. The molecule has 1 atom stereocenters. The smallest absolute Gasteiger partial charge is 0.417 e. The van der Waals surface area contributed by atoms with Crippen LogP contribution in [0.4, 0.5) is 13.2 Å². The van der Waals surface area contributed by atoms with E-state index >= 15 is 0 Å². The lowest BCUT2D eigenvalue weighted by Crippen LogP contribution is -2.47. The number of carbonyl (C=O) groups excluding carboxylic acids is 2. The Morgan fingerprint density at radius 2 is 2.00 bits per heavy atom. The summed E-state index contributed by atoms with van der Waals surface area (Å²) in [5.41, 5.74) is -1.05. The van der Waals surface area contributed by atoms with E-state index in [2.05, 4.69) is 4.98 Å². The highest BCUT2D eigenvalue weighted by molar-refractivity contribution is 7.80. The maximum absolute atomic E-state index is 12.8. The van der Waals surface area contributed by atoms with Gasteiger partial charge in [-0.3, -0.25) is 14.6 Å². The van der Waals surface area contributed by atoms with Crippen molar-refractivity contribution in [3.63, 3.8) is 0 Å². The van der Waals surface area contributed by atoms with Gasteiger partial charge in [0.2, 0.25) is 5.78 Å². The third-order valence-electron chi connectivity index (χ3n) is 5.45. The first-order valence-electron chi connectivity index (χ1n) is 10.0. The normalized spacial score (nSPS) is 17.1. The molecule has 0 aromatic carbocycles. The fourth-order valence-corrected chi connectivity index (χ4v) is 3.49. The van der Waals surface area contributed by atoms with Crippen molar-refractivity contribution < 1.29 is 27.5 Å². The van der Waals surface area contributed by atoms with E-state index in [0.29, 0.717) is 37.8 Å².